The maximum atomic E-state index is 12.5. The fourth-order valence-electron chi connectivity index (χ4n) is 8.03. The third kappa shape index (κ3) is 2.14. The number of carbonyl (C=O) groups excluding carboxylic acids is 2. The van der Waals surface area contributed by atoms with Crippen LogP contribution in [0.4, 0.5) is 0 Å². The molecule has 0 bridgehead atoms. The number of rotatable bonds is 2. The summed E-state index contributed by atoms with van der Waals surface area (Å²) < 4.78 is 11.6. The van der Waals surface area contributed by atoms with E-state index in [0.717, 1.165) is 38.5 Å². The Labute approximate surface area is 162 Å². The first-order valence-electron chi connectivity index (χ1n) is 10.8. The first kappa shape index (κ1) is 17.9. The second kappa shape index (κ2) is 5.46. The predicted molar refractivity (Wildman–Crippen MR) is 101 cm³/mol. The Balaban J connectivity index is 1.43. The molecule has 0 N–H and O–H groups in total. The van der Waals surface area contributed by atoms with Crippen LogP contribution in [0.3, 0.4) is 0 Å². The molecule has 1 saturated heterocycles. The van der Waals surface area contributed by atoms with Gasteiger partial charge in [-0.3, -0.25) is 9.59 Å². The lowest BCUT2D eigenvalue weighted by molar-refractivity contribution is -0.149. The van der Waals surface area contributed by atoms with Gasteiger partial charge in [-0.15, -0.1) is 0 Å². The van der Waals surface area contributed by atoms with E-state index >= 15 is 0 Å². The molecule has 4 aliphatic carbocycles. The first-order valence-corrected chi connectivity index (χ1v) is 10.8. The minimum Gasteiger partial charge on any atom is -0.462 e. The van der Waals surface area contributed by atoms with Crippen molar-refractivity contribution in [3.05, 3.63) is 11.6 Å². The number of esters is 1. The summed E-state index contributed by atoms with van der Waals surface area (Å²) in [6.07, 6.45) is 10.1. The summed E-state index contributed by atoms with van der Waals surface area (Å²) >= 11 is 0. The molecule has 0 amide bonds. The quantitative estimate of drug-likeness (QED) is 0.414. The molecule has 5 rings (SSSR count). The molecule has 0 radical (unpaired) electrons. The molecule has 0 spiro atoms. The number of hydrogen-bond acceptors (Lipinski definition) is 4. The molecule has 1 unspecified atom stereocenters. The number of allylic oxidation sites excluding steroid dienone is 1. The Morgan fingerprint density at radius 3 is 2.63 bits per heavy atom. The van der Waals surface area contributed by atoms with Crippen molar-refractivity contribution < 1.29 is 19.1 Å². The molecule has 27 heavy (non-hydrogen) atoms. The van der Waals surface area contributed by atoms with Crippen LogP contribution in [0.15, 0.2) is 11.6 Å². The lowest BCUT2D eigenvalue weighted by Crippen LogP contribution is -2.54. The topological polar surface area (TPSA) is 55.9 Å². The number of ether oxygens (including phenoxy) is 2. The molecule has 3 saturated carbocycles. The molecule has 0 aromatic carbocycles. The average molecular weight is 373 g/mol. The van der Waals surface area contributed by atoms with Crippen LogP contribution in [0.1, 0.15) is 72.6 Å². The van der Waals surface area contributed by atoms with Gasteiger partial charge in [-0.2, -0.15) is 0 Å². The normalized spacial score (nSPS) is 52.6. The van der Waals surface area contributed by atoms with Crippen molar-refractivity contribution in [2.75, 3.05) is 0 Å². The fraction of sp³-hybridized carbons (Fsp3) is 0.826. The maximum Gasteiger partial charge on any atom is 0.302 e. The van der Waals surface area contributed by atoms with Crippen LogP contribution in [0, 0.1) is 28.6 Å². The Morgan fingerprint density at radius 1 is 1.15 bits per heavy atom. The summed E-state index contributed by atoms with van der Waals surface area (Å²) in [6.45, 7) is 8.03. The van der Waals surface area contributed by atoms with Crippen LogP contribution in [-0.4, -0.2) is 29.6 Å². The van der Waals surface area contributed by atoms with Gasteiger partial charge in [0.1, 0.15) is 6.10 Å². The Bertz CT molecular complexity index is 741. The number of ketones is 1. The van der Waals surface area contributed by atoms with Crippen LogP contribution in [0.2, 0.25) is 0 Å². The Morgan fingerprint density at radius 2 is 1.93 bits per heavy atom. The molecule has 5 aliphatic rings. The molecule has 4 fully saturated rings. The van der Waals surface area contributed by atoms with Gasteiger partial charge in [-0.05, 0) is 68.6 Å². The van der Waals surface area contributed by atoms with Gasteiger partial charge >= 0.3 is 5.97 Å². The lowest BCUT2D eigenvalue weighted by atomic mass is 9.47. The number of epoxide rings is 1. The predicted octanol–water partition coefficient (Wildman–Crippen LogP) is 4.22. The summed E-state index contributed by atoms with van der Waals surface area (Å²) in [4.78, 5) is 23.8. The molecule has 4 heteroatoms. The second-order valence-corrected chi connectivity index (χ2v) is 10.3. The summed E-state index contributed by atoms with van der Waals surface area (Å²) in [5.41, 5.74) is 1.30. The van der Waals surface area contributed by atoms with Crippen molar-refractivity contribution in [1.82, 2.24) is 0 Å². The molecule has 4 nitrogen and oxygen atoms in total. The van der Waals surface area contributed by atoms with E-state index in [2.05, 4.69) is 19.9 Å². The van der Waals surface area contributed by atoms with Gasteiger partial charge < -0.3 is 9.47 Å². The summed E-state index contributed by atoms with van der Waals surface area (Å²) in [7, 11) is 0. The maximum absolute atomic E-state index is 12.5. The van der Waals surface area contributed by atoms with E-state index in [1.165, 1.54) is 18.9 Å². The number of Topliss-reactive ketones (excluding diaryl/α,β-unsaturated/α-hetero) is 1. The highest BCUT2D eigenvalue weighted by atomic mass is 16.6. The highest BCUT2D eigenvalue weighted by Crippen LogP contribution is 2.73. The van der Waals surface area contributed by atoms with Gasteiger partial charge in [-0.25, -0.2) is 0 Å². The third-order valence-electron chi connectivity index (χ3n) is 9.34. The van der Waals surface area contributed by atoms with Crippen molar-refractivity contribution in [3.8, 4) is 0 Å². The van der Waals surface area contributed by atoms with Crippen molar-refractivity contribution in [3.63, 3.8) is 0 Å². The monoisotopic (exact) mass is 372 g/mol. The van der Waals surface area contributed by atoms with Crippen molar-refractivity contribution >= 4 is 11.8 Å². The molecule has 1 heterocycles. The van der Waals surface area contributed by atoms with Gasteiger partial charge in [0.25, 0.3) is 0 Å². The van der Waals surface area contributed by atoms with Crippen LogP contribution >= 0.6 is 0 Å². The van der Waals surface area contributed by atoms with Crippen molar-refractivity contribution in [2.24, 2.45) is 28.6 Å². The van der Waals surface area contributed by atoms with E-state index in [-0.39, 0.29) is 34.8 Å². The molecule has 1 aliphatic heterocycles. The van der Waals surface area contributed by atoms with E-state index in [1.807, 2.05) is 0 Å². The van der Waals surface area contributed by atoms with Crippen LogP contribution in [-0.2, 0) is 19.1 Å². The number of carbonyl (C=O) groups is 2. The fourth-order valence-corrected chi connectivity index (χ4v) is 8.03. The highest BCUT2D eigenvalue weighted by Gasteiger charge is 2.79. The lowest BCUT2D eigenvalue weighted by Gasteiger charge is -2.58. The summed E-state index contributed by atoms with van der Waals surface area (Å²) in [6, 6.07) is 0. The minimum absolute atomic E-state index is 0.0152. The molecular formula is C23H32O4. The molecule has 0 aromatic heterocycles. The van der Waals surface area contributed by atoms with Crippen molar-refractivity contribution in [1.29, 1.82) is 0 Å². The zero-order valence-corrected chi connectivity index (χ0v) is 17.0. The molecule has 148 valence electrons. The summed E-state index contributed by atoms with van der Waals surface area (Å²) in [5.74, 6) is 2.03. The van der Waals surface area contributed by atoms with Gasteiger partial charge in [0.15, 0.2) is 11.4 Å². The van der Waals surface area contributed by atoms with Crippen molar-refractivity contribution in [2.45, 2.75) is 90.4 Å². The SMILES string of the molecule is CC(=O)O[C@@H]1CC[C@]2(C)C(=CC[C@H]3[C@H]2CC[C@]2(C)[C@@H]3CC3O[C@@]32C(C)=O)C1. The van der Waals surface area contributed by atoms with E-state index in [1.54, 1.807) is 6.92 Å². The minimum atomic E-state index is -0.472. The van der Waals surface area contributed by atoms with E-state index in [9.17, 15) is 9.59 Å². The summed E-state index contributed by atoms with van der Waals surface area (Å²) in [5, 5.41) is 0. The standard InChI is InChI=1S/C23H32O4/c1-13(24)23-20(27-23)12-19-17-6-5-15-11-16(26-14(2)25)7-9-21(15,3)18(17)8-10-22(19,23)4/h5,16-20H,6-12H2,1-4H3/t16-,17+,18-,19-,20?,21-,22-,23+/m1/s1. The molecule has 8 atom stereocenters. The first-order chi connectivity index (χ1) is 12.7. The van der Waals surface area contributed by atoms with E-state index < -0.39 is 5.60 Å². The zero-order chi connectivity index (χ0) is 19.2. The second-order valence-electron chi connectivity index (χ2n) is 10.3. The Hall–Kier alpha value is -1.16. The van der Waals surface area contributed by atoms with Gasteiger partial charge in [-0.1, -0.05) is 25.5 Å². The third-order valence-corrected chi connectivity index (χ3v) is 9.34. The number of fused-ring (bicyclic) bond motifs is 7. The molecule has 0 aromatic rings. The van der Waals surface area contributed by atoms with Gasteiger partial charge in [0.2, 0.25) is 0 Å². The van der Waals surface area contributed by atoms with Crippen LogP contribution in [0.25, 0.3) is 0 Å². The number of hydrogen-bond donors (Lipinski definition) is 0. The Kier molecular flexibility index (Phi) is 3.62. The van der Waals surface area contributed by atoms with Crippen LogP contribution in [0.5, 0.6) is 0 Å². The van der Waals surface area contributed by atoms with E-state index in [4.69, 9.17) is 9.47 Å². The zero-order valence-electron chi connectivity index (χ0n) is 17.0. The van der Waals surface area contributed by atoms with E-state index in [0.29, 0.717) is 17.8 Å². The van der Waals surface area contributed by atoms with Gasteiger partial charge in [0, 0.05) is 18.8 Å². The average Bonchev–Trinajstić information content (AvgIpc) is 3.27. The van der Waals surface area contributed by atoms with Gasteiger partial charge in [0.05, 0.1) is 6.10 Å². The highest BCUT2D eigenvalue weighted by molar-refractivity contribution is 5.90. The smallest absolute Gasteiger partial charge is 0.302 e. The molecular weight excluding hydrogens is 340 g/mol. The van der Waals surface area contributed by atoms with Crippen LogP contribution < -0.4 is 0 Å². The largest absolute Gasteiger partial charge is 0.462 e.